The smallest absolute Gasteiger partial charge is 0.338 e. The summed E-state index contributed by atoms with van der Waals surface area (Å²) in [6.45, 7) is 8.51. The molecule has 0 fully saturated rings. The molecule has 1 heterocycles. The van der Waals surface area contributed by atoms with Crippen LogP contribution in [0.5, 0.6) is 0 Å². The lowest BCUT2D eigenvalue weighted by molar-refractivity contribution is -0.158. The Balaban J connectivity index is 2.59. The average Bonchev–Trinajstić information content (AvgIpc) is 2.68. The lowest BCUT2D eigenvalue weighted by Crippen LogP contribution is -2.47. The van der Waals surface area contributed by atoms with E-state index in [0.29, 0.717) is 4.57 Å². The first kappa shape index (κ1) is 26.5. The number of rotatable bonds is 5. The van der Waals surface area contributed by atoms with Crippen LogP contribution in [0.1, 0.15) is 45.0 Å². The fourth-order valence-corrected chi connectivity index (χ4v) is 3.33. The van der Waals surface area contributed by atoms with Gasteiger partial charge in [-0.15, -0.1) is 0 Å². The highest BCUT2D eigenvalue weighted by Crippen LogP contribution is 2.23. The maximum absolute atomic E-state index is 14.8. The van der Waals surface area contributed by atoms with Gasteiger partial charge in [-0.3, -0.25) is 13.9 Å². The number of halogens is 2. The summed E-state index contributed by atoms with van der Waals surface area (Å²) in [5.74, 6) is -2.79. The number of hydrogen-bond acceptors (Lipinski definition) is 6. The monoisotopic (exact) mass is 500 g/mol. The molecule has 12 heteroatoms. The van der Waals surface area contributed by atoms with Crippen LogP contribution < -0.4 is 16.7 Å². The van der Waals surface area contributed by atoms with Crippen LogP contribution in [0.2, 0.25) is 5.02 Å². The second-order valence-electron chi connectivity index (χ2n) is 8.81. The van der Waals surface area contributed by atoms with Gasteiger partial charge in [-0.05, 0) is 51.0 Å². The Morgan fingerprint density at radius 3 is 2.09 bits per heavy atom. The number of amides is 1. The molecule has 0 saturated heterocycles. The van der Waals surface area contributed by atoms with Crippen LogP contribution >= 0.6 is 23.8 Å². The van der Waals surface area contributed by atoms with Gasteiger partial charge >= 0.3 is 17.3 Å². The van der Waals surface area contributed by atoms with Crippen LogP contribution in [0.25, 0.3) is 5.69 Å². The second-order valence-corrected chi connectivity index (χ2v) is 9.59. The van der Waals surface area contributed by atoms with Crippen LogP contribution in [0, 0.1) is 16.5 Å². The predicted octanol–water partition coefficient (Wildman–Crippen LogP) is 2.49. The van der Waals surface area contributed by atoms with Crippen molar-refractivity contribution in [2.24, 2.45) is 20.0 Å². The maximum Gasteiger partial charge on any atom is 0.338 e. The Hall–Kier alpha value is -2.79. The second kappa shape index (κ2) is 9.60. The van der Waals surface area contributed by atoms with Crippen molar-refractivity contribution in [2.45, 2.75) is 46.3 Å². The van der Waals surface area contributed by atoms with E-state index in [1.807, 2.05) is 0 Å². The first-order valence-corrected chi connectivity index (χ1v) is 10.8. The van der Waals surface area contributed by atoms with E-state index >= 15 is 0 Å². The van der Waals surface area contributed by atoms with E-state index in [4.69, 9.17) is 28.6 Å². The number of nitrogens with zero attached hydrogens (tertiary/aromatic N) is 3. The first-order valence-electron chi connectivity index (χ1n) is 9.99. The molecule has 180 valence electrons. The third-order valence-electron chi connectivity index (χ3n) is 4.67. The standard InChI is InChI=1S/C21H26ClFN4O5S/c1-10(2)15(17(29)32-21(3,4)5)24-16(28)11-8-14(13(23)9-12(11)22)27-18(30)25(6)20(33)26(7)19(27)31/h8-10,15H,1-7H3,(H,24,28). The minimum absolute atomic E-state index is 0.0641. The van der Waals surface area contributed by atoms with Crippen LogP contribution in [-0.4, -0.2) is 37.2 Å². The van der Waals surface area contributed by atoms with Crippen LogP contribution in [-0.2, 0) is 23.6 Å². The molecule has 33 heavy (non-hydrogen) atoms. The normalized spacial score (nSPS) is 12.5. The topological polar surface area (TPSA) is 104 Å². The number of carbonyl (C=O) groups is 2. The van der Waals surface area contributed by atoms with E-state index in [-0.39, 0.29) is 21.3 Å². The zero-order chi connectivity index (χ0) is 25.4. The van der Waals surface area contributed by atoms with Crippen molar-refractivity contribution in [3.8, 4) is 5.69 Å². The van der Waals surface area contributed by atoms with E-state index in [0.717, 1.165) is 21.3 Å². The van der Waals surface area contributed by atoms with Crippen LogP contribution in [0.3, 0.4) is 0 Å². The van der Waals surface area contributed by atoms with E-state index in [2.05, 4.69) is 5.32 Å². The highest BCUT2D eigenvalue weighted by atomic mass is 35.5. The van der Waals surface area contributed by atoms with Gasteiger partial charge in [-0.2, -0.15) is 0 Å². The molecule has 0 aliphatic heterocycles. The number of hydrogen-bond donors (Lipinski definition) is 1. The van der Waals surface area contributed by atoms with E-state index in [1.165, 1.54) is 14.1 Å². The highest BCUT2D eigenvalue weighted by Gasteiger charge is 2.30. The van der Waals surface area contributed by atoms with Crippen molar-refractivity contribution >= 4 is 35.7 Å². The van der Waals surface area contributed by atoms with E-state index < -0.39 is 46.4 Å². The molecule has 2 aromatic rings. The SMILES string of the molecule is CC(C)C(NC(=O)c1cc(-n2c(=O)n(C)c(=S)n(C)c2=O)c(F)cc1Cl)C(=O)OC(C)(C)C. The van der Waals surface area contributed by atoms with Gasteiger partial charge in [0.15, 0.2) is 4.77 Å². The summed E-state index contributed by atoms with van der Waals surface area (Å²) in [7, 11) is 2.66. The van der Waals surface area contributed by atoms with Gasteiger partial charge in [-0.25, -0.2) is 23.3 Å². The molecule has 1 aromatic heterocycles. The maximum atomic E-state index is 14.8. The fraction of sp³-hybridized carbons (Fsp3) is 0.476. The van der Waals surface area contributed by atoms with Gasteiger partial charge in [0, 0.05) is 14.1 Å². The summed E-state index contributed by atoms with van der Waals surface area (Å²) in [5, 5.41) is 2.27. The Kier molecular flexibility index (Phi) is 7.70. The summed E-state index contributed by atoms with van der Waals surface area (Å²) in [4.78, 5) is 50.9. The number of carbonyl (C=O) groups excluding carboxylic acids is 2. The molecule has 1 unspecified atom stereocenters. The summed E-state index contributed by atoms with van der Waals surface area (Å²) < 4.78 is 22.6. The predicted molar refractivity (Wildman–Crippen MR) is 124 cm³/mol. The van der Waals surface area contributed by atoms with Gasteiger partial charge < -0.3 is 10.1 Å². The van der Waals surface area contributed by atoms with Gasteiger partial charge in [-0.1, -0.05) is 25.4 Å². The Bertz CT molecular complexity index is 1250. The molecule has 1 aromatic carbocycles. The number of benzene rings is 1. The first-order chi connectivity index (χ1) is 15.1. The number of ether oxygens (including phenoxy) is 1. The quantitative estimate of drug-likeness (QED) is 0.499. The van der Waals surface area contributed by atoms with Crippen molar-refractivity contribution in [3.63, 3.8) is 0 Å². The van der Waals surface area contributed by atoms with Gasteiger partial charge in [0.2, 0.25) is 0 Å². The third kappa shape index (κ3) is 5.59. The van der Waals surface area contributed by atoms with Gasteiger partial charge in [0.05, 0.1) is 16.3 Å². The lowest BCUT2D eigenvalue weighted by atomic mass is 10.0. The average molecular weight is 501 g/mol. The number of aromatic nitrogens is 3. The van der Waals surface area contributed by atoms with Crippen molar-refractivity contribution in [1.29, 1.82) is 0 Å². The molecule has 0 saturated carbocycles. The Morgan fingerprint density at radius 2 is 1.64 bits per heavy atom. The van der Waals surface area contributed by atoms with Crippen LogP contribution in [0.15, 0.2) is 21.7 Å². The van der Waals surface area contributed by atoms with Crippen molar-refractivity contribution < 1.29 is 18.7 Å². The van der Waals surface area contributed by atoms with E-state index in [9.17, 15) is 23.6 Å². The van der Waals surface area contributed by atoms with E-state index in [1.54, 1.807) is 34.6 Å². The Labute approximate surface area is 199 Å². The van der Waals surface area contributed by atoms with Gasteiger partial charge in [0.1, 0.15) is 17.5 Å². The van der Waals surface area contributed by atoms with Crippen molar-refractivity contribution in [3.05, 3.63) is 54.3 Å². The molecular formula is C21H26ClFN4O5S. The molecule has 1 N–H and O–H groups in total. The molecule has 0 bridgehead atoms. The minimum Gasteiger partial charge on any atom is -0.458 e. The summed E-state index contributed by atoms with van der Waals surface area (Å²) >= 11 is 11.1. The number of nitrogens with one attached hydrogen (secondary N) is 1. The largest absolute Gasteiger partial charge is 0.458 e. The molecule has 1 atom stereocenters. The lowest BCUT2D eigenvalue weighted by Gasteiger charge is -2.26. The molecule has 0 aliphatic rings. The zero-order valence-corrected chi connectivity index (χ0v) is 20.9. The minimum atomic E-state index is -1.02. The van der Waals surface area contributed by atoms with Crippen molar-refractivity contribution in [1.82, 2.24) is 19.0 Å². The van der Waals surface area contributed by atoms with Gasteiger partial charge in [0.25, 0.3) is 5.91 Å². The molecule has 0 spiro atoms. The van der Waals surface area contributed by atoms with Crippen molar-refractivity contribution in [2.75, 3.05) is 0 Å². The molecule has 1 amide bonds. The molecular weight excluding hydrogens is 475 g/mol. The summed E-state index contributed by atoms with van der Waals surface area (Å²) in [6, 6.07) is 0.775. The van der Waals surface area contributed by atoms with Crippen LogP contribution in [0.4, 0.5) is 4.39 Å². The summed E-state index contributed by atoms with van der Waals surface area (Å²) in [5.41, 5.74) is -3.29. The fourth-order valence-electron chi connectivity index (χ4n) is 2.94. The molecule has 2 rings (SSSR count). The zero-order valence-electron chi connectivity index (χ0n) is 19.4. The number of esters is 1. The molecule has 0 radical (unpaired) electrons. The molecule has 9 nitrogen and oxygen atoms in total. The highest BCUT2D eigenvalue weighted by molar-refractivity contribution is 7.71. The third-order valence-corrected chi connectivity index (χ3v) is 5.53. The Morgan fingerprint density at radius 1 is 1.12 bits per heavy atom. The molecule has 0 aliphatic carbocycles. The summed E-state index contributed by atoms with van der Waals surface area (Å²) in [6.07, 6.45) is 0.